The van der Waals surface area contributed by atoms with Gasteiger partial charge in [0.15, 0.2) is 0 Å². The SMILES string of the molecule is C.CCCCCc1cc(O)c2c(c1)O[C@]1(C)CC[C@H]3[C@@H]1[C@@H]2C3(C)C. The van der Waals surface area contributed by atoms with Gasteiger partial charge in [0.25, 0.3) is 0 Å². The number of benzene rings is 1. The van der Waals surface area contributed by atoms with Crippen molar-refractivity contribution in [3.63, 3.8) is 0 Å². The van der Waals surface area contributed by atoms with Crippen LogP contribution in [0.1, 0.15) is 84.3 Å². The van der Waals surface area contributed by atoms with Crippen molar-refractivity contribution in [2.75, 3.05) is 0 Å². The fraction of sp³-hybridized carbons (Fsp3) is 0.727. The molecule has 2 saturated carbocycles. The maximum Gasteiger partial charge on any atom is 0.127 e. The zero-order valence-electron chi connectivity index (χ0n) is 15.0. The van der Waals surface area contributed by atoms with E-state index in [2.05, 4.69) is 33.8 Å². The van der Waals surface area contributed by atoms with Crippen molar-refractivity contribution in [3.05, 3.63) is 23.3 Å². The van der Waals surface area contributed by atoms with Crippen LogP contribution in [0, 0.1) is 17.3 Å². The summed E-state index contributed by atoms with van der Waals surface area (Å²) in [5.74, 6) is 3.22. The van der Waals surface area contributed by atoms with Crippen molar-refractivity contribution in [1.29, 1.82) is 0 Å². The zero-order chi connectivity index (χ0) is 16.4. The molecule has 0 bridgehead atoms. The van der Waals surface area contributed by atoms with Crippen LogP contribution in [0.3, 0.4) is 0 Å². The average Bonchev–Trinajstić information content (AvgIpc) is 2.81. The lowest BCUT2D eigenvalue weighted by Crippen LogP contribution is -2.59. The average molecular weight is 331 g/mol. The van der Waals surface area contributed by atoms with Gasteiger partial charge in [-0.1, -0.05) is 41.0 Å². The quantitative estimate of drug-likeness (QED) is 0.680. The number of fused-ring (bicyclic) bond motifs is 2. The van der Waals surface area contributed by atoms with Gasteiger partial charge in [0.1, 0.15) is 17.1 Å². The molecule has 4 rings (SSSR count). The summed E-state index contributed by atoms with van der Waals surface area (Å²) in [5.41, 5.74) is 2.58. The van der Waals surface area contributed by atoms with E-state index in [4.69, 9.17) is 4.74 Å². The Bertz CT molecular complexity index is 633. The maximum absolute atomic E-state index is 10.7. The maximum atomic E-state index is 10.7. The van der Waals surface area contributed by atoms with E-state index >= 15 is 0 Å². The van der Waals surface area contributed by atoms with Crippen molar-refractivity contribution < 1.29 is 9.84 Å². The Kier molecular flexibility index (Phi) is 4.17. The molecule has 3 aliphatic rings. The van der Waals surface area contributed by atoms with Crippen LogP contribution in [-0.2, 0) is 6.42 Å². The Hall–Kier alpha value is -1.18. The molecule has 1 heterocycles. The van der Waals surface area contributed by atoms with E-state index < -0.39 is 0 Å². The van der Waals surface area contributed by atoms with E-state index in [1.54, 1.807) is 0 Å². The number of rotatable bonds is 4. The van der Waals surface area contributed by atoms with Gasteiger partial charge in [-0.3, -0.25) is 0 Å². The number of phenols is 1. The molecular formula is C22H34O2. The van der Waals surface area contributed by atoms with Crippen molar-refractivity contribution in [2.45, 2.75) is 85.2 Å². The predicted molar refractivity (Wildman–Crippen MR) is 99.8 cm³/mol. The van der Waals surface area contributed by atoms with Crippen LogP contribution in [0.15, 0.2) is 12.1 Å². The van der Waals surface area contributed by atoms with Gasteiger partial charge in [-0.25, -0.2) is 0 Å². The third-order valence-electron chi connectivity index (χ3n) is 7.11. The number of ether oxygens (including phenoxy) is 1. The van der Waals surface area contributed by atoms with Crippen LogP contribution in [0.25, 0.3) is 0 Å². The Morgan fingerprint density at radius 3 is 2.67 bits per heavy atom. The topological polar surface area (TPSA) is 29.5 Å². The summed E-state index contributed by atoms with van der Waals surface area (Å²) in [6.45, 7) is 9.29. The highest BCUT2D eigenvalue weighted by Crippen LogP contribution is 2.74. The molecule has 0 radical (unpaired) electrons. The summed E-state index contributed by atoms with van der Waals surface area (Å²) in [5, 5.41) is 10.7. The lowest BCUT2D eigenvalue weighted by atomic mass is 9.45. The second-order valence-corrected chi connectivity index (χ2v) is 8.87. The second kappa shape index (κ2) is 5.68. The fourth-order valence-electron chi connectivity index (χ4n) is 5.92. The molecule has 0 amide bonds. The van der Waals surface area contributed by atoms with Gasteiger partial charge >= 0.3 is 0 Å². The van der Waals surface area contributed by atoms with Gasteiger partial charge in [0.05, 0.1) is 0 Å². The zero-order valence-corrected chi connectivity index (χ0v) is 15.0. The minimum absolute atomic E-state index is 0. The summed E-state index contributed by atoms with van der Waals surface area (Å²) < 4.78 is 6.51. The van der Waals surface area contributed by atoms with Crippen molar-refractivity contribution in [1.82, 2.24) is 0 Å². The molecule has 2 nitrogen and oxygen atoms in total. The summed E-state index contributed by atoms with van der Waals surface area (Å²) in [4.78, 5) is 0. The minimum atomic E-state index is -0.0215. The highest BCUT2D eigenvalue weighted by atomic mass is 16.5. The van der Waals surface area contributed by atoms with Gasteiger partial charge in [-0.15, -0.1) is 0 Å². The Morgan fingerprint density at radius 2 is 1.96 bits per heavy atom. The van der Waals surface area contributed by atoms with Gasteiger partial charge in [-0.05, 0) is 61.6 Å². The molecule has 0 unspecified atom stereocenters. The highest BCUT2D eigenvalue weighted by Gasteiger charge is 2.69. The van der Waals surface area contributed by atoms with Crippen LogP contribution in [-0.4, -0.2) is 10.7 Å². The number of hydrogen-bond donors (Lipinski definition) is 1. The molecule has 0 spiro atoms. The van der Waals surface area contributed by atoms with Crippen LogP contribution in [0.2, 0.25) is 0 Å². The Balaban J connectivity index is 0.00000169. The first-order valence-electron chi connectivity index (χ1n) is 9.43. The molecule has 1 aromatic carbocycles. The molecule has 24 heavy (non-hydrogen) atoms. The summed E-state index contributed by atoms with van der Waals surface area (Å²) in [6, 6.07) is 4.22. The molecule has 2 fully saturated rings. The first-order valence-corrected chi connectivity index (χ1v) is 9.43. The van der Waals surface area contributed by atoms with Gasteiger partial charge in [0, 0.05) is 17.4 Å². The van der Waals surface area contributed by atoms with Crippen LogP contribution in [0.4, 0.5) is 0 Å². The third-order valence-corrected chi connectivity index (χ3v) is 7.11. The molecular weight excluding hydrogens is 296 g/mol. The monoisotopic (exact) mass is 330 g/mol. The molecule has 4 atom stereocenters. The molecule has 1 aliphatic heterocycles. The molecule has 1 N–H and O–H groups in total. The first-order chi connectivity index (χ1) is 10.9. The number of aryl methyl sites for hydroxylation is 1. The molecule has 0 saturated heterocycles. The van der Waals surface area contributed by atoms with E-state index in [1.165, 1.54) is 31.2 Å². The summed E-state index contributed by atoms with van der Waals surface area (Å²) in [7, 11) is 0. The van der Waals surface area contributed by atoms with E-state index in [0.717, 1.165) is 30.1 Å². The molecule has 2 heteroatoms. The molecule has 1 aromatic rings. The molecule has 0 aromatic heterocycles. The van der Waals surface area contributed by atoms with Crippen molar-refractivity contribution >= 4 is 0 Å². The summed E-state index contributed by atoms with van der Waals surface area (Å²) in [6.07, 6.45) is 7.12. The first kappa shape index (κ1) is 17.6. The van der Waals surface area contributed by atoms with Gasteiger partial charge in [0.2, 0.25) is 0 Å². The number of aromatic hydroxyl groups is 1. The van der Waals surface area contributed by atoms with Crippen molar-refractivity contribution in [3.8, 4) is 11.5 Å². The largest absolute Gasteiger partial charge is 0.508 e. The number of hydrogen-bond acceptors (Lipinski definition) is 2. The third kappa shape index (κ3) is 2.21. The van der Waals surface area contributed by atoms with Crippen molar-refractivity contribution in [2.24, 2.45) is 17.3 Å². The van der Waals surface area contributed by atoms with Gasteiger partial charge in [-0.2, -0.15) is 0 Å². The van der Waals surface area contributed by atoms with E-state index in [-0.39, 0.29) is 18.4 Å². The van der Waals surface area contributed by atoms with Crippen LogP contribution in [0.5, 0.6) is 11.5 Å². The second-order valence-electron chi connectivity index (χ2n) is 8.87. The smallest absolute Gasteiger partial charge is 0.127 e. The normalized spacial score (nSPS) is 34.4. The van der Waals surface area contributed by atoms with Gasteiger partial charge < -0.3 is 9.84 Å². The number of unbranched alkanes of at least 4 members (excludes halogenated alkanes) is 2. The standard InChI is InChI=1S/C21H30O2.CH4/c1-5-6-7-8-13-11-15(22)17-16(12-13)23-21(4)10-9-14-18(21)19(17)20(14,2)3;/h11-12,14,18-19,22H,5-10H2,1-4H3;1H4/t14-,18+,19+,21+;/m0./s1. The van der Waals surface area contributed by atoms with E-state index in [9.17, 15) is 5.11 Å². The Labute approximate surface area is 147 Å². The molecule has 134 valence electrons. The Morgan fingerprint density at radius 1 is 1.21 bits per heavy atom. The van der Waals surface area contributed by atoms with E-state index in [0.29, 0.717) is 17.6 Å². The highest BCUT2D eigenvalue weighted by molar-refractivity contribution is 5.55. The molecule has 2 aliphatic carbocycles. The predicted octanol–water partition coefficient (Wildman–Crippen LogP) is 6.06. The van der Waals surface area contributed by atoms with Crippen LogP contribution >= 0.6 is 0 Å². The fourth-order valence-corrected chi connectivity index (χ4v) is 5.92. The lowest BCUT2D eigenvalue weighted by molar-refractivity contribution is -0.121. The van der Waals surface area contributed by atoms with E-state index in [1.807, 2.05) is 6.07 Å². The minimum Gasteiger partial charge on any atom is -0.508 e. The van der Waals surface area contributed by atoms with Crippen LogP contribution < -0.4 is 4.74 Å². The lowest BCUT2D eigenvalue weighted by Gasteiger charge is -2.62. The summed E-state index contributed by atoms with van der Waals surface area (Å²) >= 11 is 0. The number of phenolic OH excluding ortho intramolecular Hbond substituents is 1.